The number of nitrogens with zero attached hydrogens (tertiary/aromatic N) is 7. The van der Waals surface area contributed by atoms with E-state index in [2.05, 4.69) is 157 Å². The Hall–Kier alpha value is -3.23. The van der Waals surface area contributed by atoms with E-state index in [9.17, 15) is 19.2 Å². The Bertz CT molecular complexity index is 2150. The molecular weight excluding hydrogens is 1070 g/mol. The maximum Gasteiger partial charge on any atom is 0.223 e. The molecule has 12 nitrogen and oxygen atoms in total. The van der Waals surface area contributed by atoms with Crippen molar-refractivity contribution in [1.29, 1.82) is 0 Å². The van der Waals surface area contributed by atoms with E-state index in [0.29, 0.717) is 70.1 Å². The monoisotopic (exact) mass is 1210 g/mol. The minimum absolute atomic E-state index is 0.0879. The molecule has 85 heavy (non-hydrogen) atoms. The number of amides is 3. The molecule has 5 aliphatic rings. The fourth-order valence-corrected chi connectivity index (χ4v) is 11.8. The molecule has 13 heteroatoms. The summed E-state index contributed by atoms with van der Waals surface area (Å²) in [6.07, 6.45) is 17.2. The molecule has 3 amide bonds. The van der Waals surface area contributed by atoms with Gasteiger partial charge < -0.3 is 29.8 Å². The highest BCUT2D eigenvalue weighted by atomic mass is 32.1. The number of aromatic nitrogens is 1. The second-order valence-corrected chi connectivity index (χ2v) is 32.9. The van der Waals surface area contributed by atoms with E-state index in [1.165, 1.54) is 108 Å². The molecule has 5 fully saturated rings. The van der Waals surface area contributed by atoms with Crippen LogP contribution in [0.15, 0.2) is 35.7 Å². The molecule has 4 saturated heterocycles. The Morgan fingerprint density at radius 3 is 1.72 bits per heavy atom. The van der Waals surface area contributed by atoms with Crippen LogP contribution < -0.4 is 5.32 Å². The third-order valence-electron chi connectivity index (χ3n) is 16.8. The number of hydrogen-bond donors (Lipinski definition) is 1. The first kappa shape index (κ1) is 77.9. The summed E-state index contributed by atoms with van der Waals surface area (Å²) in [7, 11) is 4.23. The van der Waals surface area contributed by atoms with Crippen LogP contribution in [0.5, 0.6) is 0 Å². The highest BCUT2D eigenvalue weighted by molar-refractivity contribution is 7.12. The van der Waals surface area contributed by atoms with E-state index in [1.807, 2.05) is 64.3 Å². The predicted molar refractivity (Wildman–Crippen MR) is 365 cm³/mol. The number of benzene rings is 1. The van der Waals surface area contributed by atoms with E-state index >= 15 is 0 Å². The van der Waals surface area contributed by atoms with Gasteiger partial charge in [-0.3, -0.25) is 24.1 Å². The van der Waals surface area contributed by atoms with E-state index in [-0.39, 0.29) is 16.7 Å². The highest BCUT2D eigenvalue weighted by Gasteiger charge is 2.34. The largest absolute Gasteiger partial charge is 0.343 e. The fraction of sp³-hybridized carbons (Fsp3) is 0.819. The Labute approximate surface area is 527 Å². The zero-order chi connectivity index (χ0) is 64.2. The number of piperidine rings is 1. The average molecular weight is 1210 g/mol. The summed E-state index contributed by atoms with van der Waals surface area (Å²) < 4.78 is 0. The lowest BCUT2D eigenvalue weighted by atomic mass is 9.84. The van der Waals surface area contributed by atoms with Gasteiger partial charge in [-0.25, -0.2) is 4.98 Å². The van der Waals surface area contributed by atoms with Gasteiger partial charge in [0.15, 0.2) is 10.8 Å². The summed E-state index contributed by atoms with van der Waals surface area (Å²) in [5, 5.41) is 5.94. The first-order valence-electron chi connectivity index (χ1n) is 33.6. The molecule has 4 aliphatic heterocycles. The van der Waals surface area contributed by atoms with Crippen molar-refractivity contribution in [3.8, 4) is 11.3 Å². The number of ketones is 1. The lowest BCUT2D eigenvalue weighted by Crippen LogP contribution is -2.59. The van der Waals surface area contributed by atoms with Crippen molar-refractivity contribution >= 4 is 34.8 Å². The molecule has 0 spiro atoms. The smallest absolute Gasteiger partial charge is 0.223 e. The molecule has 7 rings (SSSR count). The van der Waals surface area contributed by atoms with Crippen molar-refractivity contribution in [3.05, 3.63) is 40.7 Å². The van der Waals surface area contributed by atoms with E-state index < -0.39 is 0 Å². The molecule has 1 N–H and O–H groups in total. The van der Waals surface area contributed by atoms with Crippen molar-refractivity contribution in [1.82, 2.24) is 39.7 Å². The number of carbonyl (C=O) groups is 4. The van der Waals surface area contributed by atoms with Crippen molar-refractivity contribution in [3.63, 3.8) is 0 Å². The second-order valence-electron chi connectivity index (χ2n) is 32.0. The number of rotatable bonds is 15. The van der Waals surface area contributed by atoms with Crippen LogP contribution in [0.3, 0.4) is 0 Å². The molecule has 1 saturated carbocycles. The van der Waals surface area contributed by atoms with Crippen LogP contribution in [0, 0.1) is 45.3 Å². The molecule has 490 valence electrons. The molecule has 1 aliphatic carbocycles. The van der Waals surface area contributed by atoms with Crippen LogP contribution in [-0.2, 0) is 14.4 Å². The molecule has 0 bridgehead atoms. The summed E-state index contributed by atoms with van der Waals surface area (Å²) in [4.78, 5) is 64.9. The first-order valence-corrected chi connectivity index (χ1v) is 34.5. The number of hydrogen-bond acceptors (Lipinski definition) is 10. The van der Waals surface area contributed by atoms with E-state index in [1.54, 1.807) is 0 Å². The third-order valence-corrected chi connectivity index (χ3v) is 17.7. The lowest BCUT2D eigenvalue weighted by molar-refractivity contribution is -0.137. The molecule has 1 aromatic carbocycles. The fourth-order valence-electron chi connectivity index (χ4n) is 11.0. The summed E-state index contributed by atoms with van der Waals surface area (Å²) in [5.41, 5.74) is 3.81. The molecule has 1 aromatic heterocycles. The van der Waals surface area contributed by atoms with Crippen LogP contribution in [0.2, 0.25) is 0 Å². The van der Waals surface area contributed by atoms with Gasteiger partial charge in [-0.15, -0.1) is 11.3 Å². The number of carbonyl (C=O) groups excluding carboxylic acids is 4. The van der Waals surface area contributed by atoms with Gasteiger partial charge in [0.2, 0.25) is 17.7 Å². The van der Waals surface area contributed by atoms with Crippen LogP contribution in [0.1, 0.15) is 238 Å². The van der Waals surface area contributed by atoms with Gasteiger partial charge in [0.25, 0.3) is 0 Å². The van der Waals surface area contributed by atoms with Crippen molar-refractivity contribution < 1.29 is 19.2 Å². The predicted octanol–water partition coefficient (Wildman–Crippen LogP) is 15.6. The Morgan fingerprint density at radius 2 is 1.21 bits per heavy atom. The standard InChI is InChI=1S/C14H15NOS.C13H26N2O.C13H26.C12H23NO.C10H20N2O.C10H22N2/c1-10(2)8-13(16)14-15-12(9-17-14)11-6-4-3-5-7-11;1-12(2,3)9-11(16)15-8-7-14(6)13(4,5)10-15;1-12(2,3)8-6-11-7-9-13(4,5)10-11;1-11(2)7-6-8-12(14)13-9-4-3-5-10-13;1-9(2)8-10(13)12-6-4-11(3)5-7-12;1-10(2,3)4-7-12-8-5-11-6-9-12/h3-7,9-10H,8H2,1-2H3;7-10H2,1-6H3;11H,6-10H2,1-5H3;11H,3-10H2,1-2H3;9H,4-8H2,1-3H3;11H,4-9H2,1-3H3. The normalized spacial score (nSPS) is 19.5. The number of nitrogens with one attached hydrogen (secondary N) is 1. The Kier molecular flexibility index (Phi) is 35.1. The zero-order valence-corrected chi connectivity index (χ0v) is 59.8. The van der Waals surface area contributed by atoms with Gasteiger partial charge in [-0.05, 0) is 144 Å². The number of Topliss-reactive ketones (excluding diaryl/α,β-unsaturated/α-hetero) is 1. The highest BCUT2D eigenvalue weighted by Crippen LogP contribution is 2.44. The molecule has 1 unspecified atom stereocenters. The van der Waals surface area contributed by atoms with Crippen LogP contribution >= 0.6 is 11.3 Å². The summed E-state index contributed by atoms with van der Waals surface area (Å²) in [6.45, 7) is 56.9. The number of likely N-dealkylation sites (tertiary alicyclic amines) is 1. The lowest BCUT2D eigenvalue weighted by Gasteiger charge is -2.45. The van der Waals surface area contributed by atoms with Crippen molar-refractivity contribution in [2.24, 2.45) is 45.3 Å². The number of thiazole rings is 1. The quantitative estimate of drug-likeness (QED) is 0.174. The van der Waals surface area contributed by atoms with E-state index in [0.717, 1.165) is 94.8 Å². The summed E-state index contributed by atoms with van der Waals surface area (Å²) >= 11 is 1.43. The SMILES string of the molecule is CC(C)(C)CCC1CCC(C)(C)C1.CC(C)(C)CCN1CCNCC1.CC(C)CC(=O)N1CCN(C)CC1.CC(C)CC(=O)c1nc(-c2ccccc2)cs1.CC(C)CCCC(=O)N1CCCCC1.CN1CCN(C(=O)CC(C)(C)C)CC1(C)C. The topological polar surface area (TPSA) is 113 Å². The van der Waals surface area contributed by atoms with Crippen LogP contribution in [0.25, 0.3) is 11.3 Å². The zero-order valence-electron chi connectivity index (χ0n) is 59.0. The van der Waals surface area contributed by atoms with E-state index in [4.69, 9.17) is 0 Å². The van der Waals surface area contributed by atoms with Gasteiger partial charge in [-0.1, -0.05) is 154 Å². The van der Waals surface area contributed by atoms with Crippen LogP contribution in [-0.4, -0.2) is 169 Å². The Balaban J connectivity index is 0.000000350. The molecule has 1 atom stereocenters. The van der Waals surface area contributed by atoms with Gasteiger partial charge in [0.05, 0.1) is 5.69 Å². The molecular formula is C72H132N8O4S. The third kappa shape index (κ3) is 36.1. The maximum atomic E-state index is 12.1. The minimum Gasteiger partial charge on any atom is -0.343 e. The van der Waals surface area contributed by atoms with Crippen molar-refractivity contribution in [2.75, 3.05) is 106 Å². The van der Waals surface area contributed by atoms with Crippen molar-refractivity contribution in [2.45, 2.75) is 233 Å². The number of likely N-dealkylation sites (N-methyl/N-ethyl adjacent to an activating group) is 2. The second kappa shape index (κ2) is 38.3. The number of piperazine rings is 3. The molecule has 5 heterocycles. The Morgan fingerprint density at radius 1 is 0.647 bits per heavy atom. The molecule has 0 radical (unpaired) electrons. The van der Waals surface area contributed by atoms with Gasteiger partial charge in [0, 0.05) is 127 Å². The maximum absolute atomic E-state index is 12.1. The summed E-state index contributed by atoms with van der Waals surface area (Å²) in [6, 6.07) is 9.94. The van der Waals surface area contributed by atoms with Gasteiger partial charge in [0.1, 0.15) is 0 Å². The molecule has 2 aromatic rings. The average Bonchev–Trinajstić information content (AvgIpc) is 4.23. The van der Waals surface area contributed by atoms with Gasteiger partial charge >= 0.3 is 0 Å². The first-order chi connectivity index (χ1) is 39.4. The van der Waals surface area contributed by atoms with Crippen LogP contribution in [0.4, 0.5) is 0 Å². The van der Waals surface area contributed by atoms with Gasteiger partial charge in [-0.2, -0.15) is 0 Å². The minimum atomic E-state index is 0.0879. The summed E-state index contributed by atoms with van der Waals surface area (Å²) in [5.74, 6) is 3.76.